The Morgan fingerprint density at radius 2 is 2.36 bits per heavy atom. The van der Waals surface area contributed by atoms with Gasteiger partial charge in [-0.1, -0.05) is 47.2 Å². The summed E-state index contributed by atoms with van der Waals surface area (Å²) in [5, 5.41) is 10.8. The molecular formula is C16H18N4OS. The lowest BCUT2D eigenvalue weighted by atomic mass is 9.98. The Kier molecular flexibility index (Phi) is 4.60. The summed E-state index contributed by atoms with van der Waals surface area (Å²) in [6.45, 7) is 4.18. The van der Waals surface area contributed by atoms with Gasteiger partial charge in [0, 0.05) is 13.1 Å². The third kappa shape index (κ3) is 3.78. The second-order valence-corrected chi connectivity index (χ2v) is 6.21. The fourth-order valence-electron chi connectivity index (χ4n) is 2.55. The van der Waals surface area contributed by atoms with Gasteiger partial charge in [-0.2, -0.15) is 0 Å². The van der Waals surface area contributed by atoms with Crippen LogP contribution in [0.5, 0.6) is 0 Å². The van der Waals surface area contributed by atoms with Crippen molar-refractivity contribution in [3.63, 3.8) is 0 Å². The van der Waals surface area contributed by atoms with Crippen molar-refractivity contribution in [1.82, 2.24) is 15.1 Å². The van der Waals surface area contributed by atoms with Crippen molar-refractivity contribution < 1.29 is 4.79 Å². The van der Waals surface area contributed by atoms with E-state index >= 15 is 0 Å². The number of hydrogen-bond donors (Lipinski definition) is 1. The standard InChI is InChI=1S/C16H18N4OS/c1-12-3-2-4-14(9-12)13-5-7-20(8-6-13)10-15(21)18-16-19-17-11-22-16/h2-5,9,11H,6-8,10H2,1H3,(H,18,19,21). The molecule has 114 valence electrons. The van der Waals surface area contributed by atoms with E-state index in [1.54, 1.807) is 5.51 Å². The highest BCUT2D eigenvalue weighted by Gasteiger charge is 2.16. The number of aryl methyl sites for hydroxylation is 1. The van der Waals surface area contributed by atoms with Crippen molar-refractivity contribution in [3.05, 3.63) is 47.0 Å². The first-order valence-corrected chi connectivity index (χ1v) is 8.13. The van der Waals surface area contributed by atoms with Gasteiger partial charge in [0.2, 0.25) is 11.0 Å². The van der Waals surface area contributed by atoms with Gasteiger partial charge in [-0.3, -0.25) is 15.0 Å². The molecular weight excluding hydrogens is 296 g/mol. The Labute approximate surface area is 133 Å². The van der Waals surface area contributed by atoms with Crippen molar-refractivity contribution in [2.24, 2.45) is 0 Å². The Balaban J connectivity index is 1.55. The number of rotatable bonds is 4. The number of amides is 1. The molecule has 22 heavy (non-hydrogen) atoms. The first-order valence-electron chi connectivity index (χ1n) is 7.25. The summed E-state index contributed by atoms with van der Waals surface area (Å²) in [4.78, 5) is 14.1. The van der Waals surface area contributed by atoms with Crippen LogP contribution < -0.4 is 5.32 Å². The predicted octanol–water partition coefficient (Wildman–Crippen LogP) is 2.57. The molecule has 1 aromatic heterocycles. The van der Waals surface area contributed by atoms with Crippen LogP contribution in [0.25, 0.3) is 5.57 Å². The Bertz CT molecular complexity index is 681. The average Bonchev–Trinajstić information content (AvgIpc) is 3.01. The smallest absolute Gasteiger partial charge is 0.240 e. The quantitative estimate of drug-likeness (QED) is 0.942. The molecule has 0 aliphatic carbocycles. The molecule has 5 nitrogen and oxygen atoms in total. The molecule has 2 aromatic rings. The van der Waals surface area contributed by atoms with E-state index in [9.17, 15) is 4.79 Å². The maximum Gasteiger partial charge on any atom is 0.240 e. The molecule has 0 fully saturated rings. The number of nitrogens with one attached hydrogen (secondary N) is 1. The first-order chi connectivity index (χ1) is 10.7. The predicted molar refractivity (Wildman–Crippen MR) is 88.8 cm³/mol. The van der Waals surface area contributed by atoms with Crippen LogP contribution in [-0.4, -0.2) is 40.6 Å². The number of anilines is 1. The van der Waals surface area contributed by atoms with Crippen molar-refractivity contribution in [1.29, 1.82) is 0 Å². The summed E-state index contributed by atoms with van der Waals surface area (Å²) in [6, 6.07) is 8.56. The van der Waals surface area contributed by atoms with Crippen LogP contribution in [0.1, 0.15) is 17.5 Å². The second kappa shape index (κ2) is 6.81. The van der Waals surface area contributed by atoms with E-state index in [4.69, 9.17) is 0 Å². The fraction of sp³-hybridized carbons (Fsp3) is 0.312. The second-order valence-electron chi connectivity index (χ2n) is 5.38. The van der Waals surface area contributed by atoms with Crippen LogP contribution in [0.2, 0.25) is 0 Å². The number of carbonyl (C=O) groups is 1. The number of carbonyl (C=O) groups excluding carboxylic acids is 1. The molecule has 0 bridgehead atoms. The minimum Gasteiger partial charge on any atom is -0.299 e. The van der Waals surface area contributed by atoms with Gasteiger partial charge >= 0.3 is 0 Å². The summed E-state index contributed by atoms with van der Waals surface area (Å²) >= 11 is 1.33. The van der Waals surface area contributed by atoms with Gasteiger partial charge in [0.05, 0.1) is 6.54 Å². The number of benzene rings is 1. The molecule has 3 rings (SSSR count). The van der Waals surface area contributed by atoms with Crippen LogP contribution in [-0.2, 0) is 4.79 Å². The maximum atomic E-state index is 11.9. The molecule has 0 saturated carbocycles. The normalized spacial score (nSPS) is 15.4. The van der Waals surface area contributed by atoms with Crippen LogP contribution in [0, 0.1) is 6.92 Å². The van der Waals surface area contributed by atoms with Crippen LogP contribution in [0.15, 0.2) is 35.9 Å². The molecule has 6 heteroatoms. The Morgan fingerprint density at radius 3 is 3.05 bits per heavy atom. The first kappa shape index (κ1) is 14.9. The Hall–Kier alpha value is -2.05. The maximum absolute atomic E-state index is 11.9. The third-order valence-electron chi connectivity index (χ3n) is 3.66. The van der Waals surface area contributed by atoms with E-state index in [1.165, 1.54) is 28.0 Å². The van der Waals surface area contributed by atoms with Gasteiger partial charge in [-0.15, -0.1) is 10.2 Å². The SMILES string of the molecule is Cc1cccc(C2=CCN(CC(=O)Nc3nncs3)CC2)c1. The zero-order valence-corrected chi connectivity index (χ0v) is 13.3. The number of nitrogens with zero attached hydrogens (tertiary/aromatic N) is 3. The molecule has 0 radical (unpaired) electrons. The summed E-state index contributed by atoms with van der Waals surface area (Å²) in [5.41, 5.74) is 5.53. The topological polar surface area (TPSA) is 58.1 Å². The molecule has 1 aliphatic rings. The minimum atomic E-state index is -0.0378. The van der Waals surface area contributed by atoms with Gasteiger partial charge in [0.15, 0.2) is 0 Å². The van der Waals surface area contributed by atoms with Gasteiger partial charge in [0.25, 0.3) is 0 Å². The zero-order chi connectivity index (χ0) is 15.4. The van der Waals surface area contributed by atoms with Crippen molar-refractivity contribution >= 4 is 27.9 Å². The molecule has 0 atom stereocenters. The molecule has 1 amide bonds. The van der Waals surface area contributed by atoms with Crippen LogP contribution in [0.4, 0.5) is 5.13 Å². The number of hydrogen-bond acceptors (Lipinski definition) is 5. The van der Waals surface area contributed by atoms with Gasteiger partial charge in [-0.05, 0) is 24.5 Å². The van der Waals surface area contributed by atoms with E-state index < -0.39 is 0 Å². The van der Waals surface area contributed by atoms with Crippen LogP contribution >= 0.6 is 11.3 Å². The molecule has 2 heterocycles. The third-order valence-corrected chi connectivity index (χ3v) is 4.26. The molecule has 1 N–H and O–H groups in total. The van der Waals surface area contributed by atoms with Gasteiger partial charge in [0.1, 0.15) is 5.51 Å². The van der Waals surface area contributed by atoms with Gasteiger partial charge < -0.3 is 0 Å². The average molecular weight is 314 g/mol. The summed E-state index contributed by atoms with van der Waals surface area (Å²) in [6.07, 6.45) is 3.19. The van der Waals surface area contributed by atoms with Crippen molar-refractivity contribution in [2.75, 3.05) is 25.0 Å². The van der Waals surface area contributed by atoms with E-state index in [1.807, 2.05) is 0 Å². The van der Waals surface area contributed by atoms with E-state index in [0.717, 1.165) is 19.5 Å². The van der Waals surface area contributed by atoms with E-state index in [2.05, 4.69) is 57.7 Å². The molecule has 0 saturated heterocycles. The fourth-order valence-corrected chi connectivity index (χ4v) is 3.01. The monoisotopic (exact) mass is 314 g/mol. The highest BCUT2D eigenvalue weighted by molar-refractivity contribution is 7.13. The van der Waals surface area contributed by atoms with Crippen LogP contribution in [0.3, 0.4) is 0 Å². The van der Waals surface area contributed by atoms with Crippen molar-refractivity contribution in [2.45, 2.75) is 13.3 Å². The minimum absolute atomic E-state index is 0.0378. The zero-order valence-electron chi connectivity index (χ0n) is 12.5. The Morgan fingerprint density at radius 1 is 1.45 bits per heavy atom. The summed E-state index contributed by atoms with van der Waals surface area (Å²) in [7, 11) is 0. The van der Waals surface area contributed by atoms with Gasteiger partial charge in [-0.25, -0.2) is 0 Å². The molecule has 0 spiro atoms. The number of aromatic nitrogens is 2. The largest absolute Gasteiger partial charge is 0.299 e. The van der Waals surface area contributed by atoms with E-state index in [-0.39, 0.29) is 5.91 Å². The molecule has 0 unspecified atom stereocenters. The molecule has 1 aromatic carbocycles. The highest BCUT2D eigenvalue weighted by atomic mass is 32.1. The lowest BCUT2D eigenvalue weighted by Gasteiger charge is -2.25. The van der Waals surface area contributed by atoms with Crippen molar-refractivity contribution in [3.8, 4) is 0 Å². The summed E-state index contributed by atoms with van der Waals surface area (Å²) in [5.74, 6) is -0.0378. The van der Waals surface area contributed by atoms with E-state index in [0.29, 0.717) is 11.7 Å². The summed E-state index contributed by atoms with van der Waals surface area (Å²) < 4.78 is 0. The molecule has 1 aliphatic heterocycles. The highest BCUT2D eigenvalue weighted by Crippen LogP contribution is 2.23. The lowest BCUT2D eigenvalue weighted by Crippen LogP contribution is -2.36. The lowest BCUT2D eigenvalue weighted by molar-refractivity contribution is -0.117.